The summed E-state index contributed by atoms with van der Waals surface area (Å²) in [6, 6.07) is 15.6. The number of carbonyl (C=O) groups is 2. The quantitative estimate of drug-likeness (QED) is 0.395. The Hall–Kier alpha value is -3.77. The topological polar surface area (TPSA) is 99.8 Å². The van der Waals surface area contributed by atoms with E-state index in [-0.39, 0.29) is 5.91 Å². The Bertz CT molecular complexity index is 1390. The van der Waals surface area contributed by atoms with Crippen LogP contribution in [0.1, 0.15) is 16.8 Å². The molecule has 0 bridgehead atoms. The van der Waals surface area contributed by atoms with Crippen LogP contribution < -0.4 is 0 Å². The standard InChI is InChI=1S/C23H22N4O2S.C2HF3O2/c1-26-10-5-11-27(13-12-26)23(28)17-8-9-20-18(14-17)21(25-29-20)19-15-30-22(24-19)16-6-3-2-4-7-16;3-2(4,5)1(6)7/h2-4,6-9,14-15H,5,10-13H2,1H3;(H,6,7). The van der Waals surface area contributed by atoms with Gasteiger partial charge in [-0.25, -0.2) is 9.78 Å². The molecule has 5 rings (SSSR count). The summed E-state index contributed by atoms with van der Waals surface area (Å²) < 4.78 is 37.3. The number of rotatable bonds is 3. The van der Waals surface area contributed by atoms with Gasteiger partial charge < -0.3 is 19.4 Å². The predicted molar refractivity (Wildman–Crippen MR) is 132 cm³/mol. The fourth-order valence-electron chi connectivity index (χ4n) is 3.78. The summed E-state index contributed by atoms with van der Waals surface area (Å²) >= 11 is 1.57. The number of amides is 1. The number of carboxylic acids is 1. The number of alkyl halides is 3. The van der Waals surface area contributed by atoms with Crippen molar-refractivity contribution in [2.45, 2.75) is 12.6 Å². The number of carbonyl (C=O) groups excluding carboxylic acids is 1. The molecule has 3 heterocycles. The van der Waals surface area contributed by atoms with E-state index in [1.54, 1.807) is 11.3 Å². The molecule has 37 heavy (non-hydrogen) atoms. The van der Waals surface area contributed by atoms with Crippen molar-refractivity contribution in [3.8, 4) is 22.0 Å². The van der Waals surface area contributed by atoms with Crippen molar-refractivity contribution in [1.29, 1.82) is 0 Å². The first-order valence-electron chi connectivity index (χ1n) is 11.3. The van der Waals surface area contributed by atoms with E-state index in [4.69, 9.17) is 19.4 Å². The minimum atomic E-state index is -5.08. The lowest BCUT2D eigenvalue weighted by atomic mass is 10.1. The number of likely N-dealkylation sites (N-methyl/N-ethyl adjacent to an activating group) is 1. The van der Waals surface area contributed by atoms with E-state index in [1.807, 2.05) is 58.8 Å². The molecule has 194 valence electrons. The SMILES string of the molecule is CN1CCCN(C(=O)c2ccc3onc(-c4csc(-c5ccccc5)n4)c3c2)CC1.O=C(O)C(F)(F)F. The van der Waals surface area contributed by atoms with Crippen LogP contribution in [0.15, 0.2) is 58.4 Å². The van der Waals surface area contributed by atoms with Crippen molar-refractivity contribution in [1.82, 2.24) is 19.9 Å². The molecular formula is C25H23F3N4O4S. The van der Waals surface area contributed by atoms with Crippen molar-refractivity contribution in [3.63, 3.8) is 0 Å². The molecule has 2 aromatic carbocycles. The molecule has 1 N–H and O–H groups in total. The zero-order chi connectivity index (χ0) is 26.6. The summed E-state index contributed by atoms with van der Waals surface area (Å²) in [6.07, 6.45) is -4.09. The highest BCUT2D eigenvalue weighted by Crippen LogP contribution is 2.33. The zero-order valence-electron chi connectivity index (χ0n) is 19.7. The molecule has 4 aromatic rings. The number of aliphatic carboxylic acids is 1. The second kappa shape index (κ2) is 11.1. The van der Waals surface area contributed by atoms with E-state index in [0.717, 1.165) is 54.3 Å². The van der Waals surface area contributed by atoms with E-state index < -0.39 is 12.1 Å². The van der Waals surface area contributed by atoms with Gasteiger partial charge >= 0.3 is 12.1 Å². The van der Waals surface area contributed by atoms with E-state index in [2.05, 4.69) is 17.1 Å². The van der Waals surface area contributed by atoms with Gasteiger partial charge in [-0.2, -0.15) is 13.2 Å². The van der Waals surface area contributed by atoms with Crippen LogP contribution in [-0.2, 0) is 4.79 Å². The molecule has 2 aromatic heterocycles. The van der Waals surface area contributed by atoms with Crippen LogP contribution >= 0.6 is 11.3 Å². The maximum absolute atomic E-state index is 13.1. The summed E-state index contributed by atoms with van der Waals surface area (Å²) in [5, 5.41) is 15.1. The number of fused-ring (bicyclic) bond motifs is 1. The van der Waals surface area contributed by atoms with Gasteiger partial charge in [0.05, 0.1) is 5.39 Å². The highest BCUT2D eigenvalue weighted by Gasteiger charge is 2.38. The largest absolute Gasteiger partial charge is 0.490 e. The Balaban J connectivity index is 0.000000405. The molecule has 1 aliphatic rings. The van der Waals surface area contributed by atoms with Crippen LogP contribution in [0.5, 0.6) is 0 Å². The maximum Gasteiger partial charge on any atom is 0.490 e. The first-order valence-corrected chi connectivity index (χ1v) is 12.2. The van der Waals surface area contributed by atoms with Crippen LogP contribution in [0.2, 0.25) is 0 Å². The molecule has 1 amide bonds. The minimum Gasteiger partial charge on any atom is -0.475 e. The molecule has 0 spiro atoms. The lowest BCUT2D eigenvalue weighted by Gasteiger charge is -2.20. The normalized spacial score (nSPS) is 14.6. The first-order chi connectivity index (χ1) is 17.6. The second-order valence-electron chi connectivity index (χ2n) is 8.40. The molecule has 0 atom stereocenters. The summed E-state index contributed by atoms with van der Waals surface area (Å²) in [4.78, 5) is 31.0. The van der Waals surface area contributed by atoms with E-state index in [1.165, 1.54) is 0 Å². The third-order valence-corrected chi connectivity index (χ3v) is 6.63. The Kier molecular flexibility index (Phi) is 7.89. The Labute approximate surface area is 213 Å². The van der Waals surface area contributed by atoms with Gasteiger partial charge in [0.25, 0.3) is 5.91 Å². The van der Waals surface area contributed by atoms with Gasteiger partial charge in [-0.3, -0.25) is 4.79 Å². The monoisotopic (exact) mass is 532 g/mol. The Morgan fingerprint density at radius 1 is 1.05 bits per heavy atom. The average molecular weight is 533 g/mol. The molecule has 0 aliphatic carbocycles. The number of nitrogens with zero attached hydrogens (tertiary/aromatic N) is 4. The number of hydrogen-bond acceptors (Lipinski definition) is 7. The van der Waals surface area contributed by atoms with Crippen LogP contribution in [0.3, 0.4) is 0 Å². The van der Waals surface area contributed by atoms with Crippen molar-refractivity contribution < 1.29 is 32.4 Å². The van der Waals surface area contributed by atoms with Crippen LogP contribution in [-0.4, -0.2) is 76.3 Å². The van der Waals surface area contributed by atoms with Gasteiger partial charge in [0.2, 0.25) is 0 Å². The molecule has 0 radical (unpaired) electrons. The Morgan fingerprint density at radius 2 is 1.78 bits per heavy atom. The molecule has 1 saturated heterocycles. The van der Waals surface area contributed by atoms with Crippen LogP contribution in [0, 0.1) is 0 Å². The molecular weight excluding hydrogens is 509 g/mol. The third kappa shape index (κ3) is 6.33. The van der Waals surface area contributed by atoms with Gasteiger partial charge in [0.15, 0.2) is 5.58 Å². The number of halogens is 3. The van der Waals surface area contributed by atoms with Gasteiger partial charge in [-0.05, 0) is 38.2 Å². The minimum absolute atomic E-state index is 0.0580. The maximum atomic E-state index is 13.1. The number of carboxylic acid groups (broad SMARTS) is 1. The number of thiazole rings is 1. The smallest absolute Gasteiger partial charge is 0.475 e. The highest BCUT2D eigenvalue weighted by atomic mass is 32.1. The molecule has 8 nitrogen and oxygen atoms in total. The van der Waals surface area contributed by atoms with Gasteiger partial charge in [0, 0.05) is 36.1 Å². The fourth-order valence-corrected chi connectivity index (χ4v) is 4.60. The van der Waals surface area contributed by atoms with Crippen molar-refractivity contribution in [2.75, 3.05) is 33.2 Å². The number of benzene rings is 2. The zero-order valence-corrected chi connectivity index (χ0v) is 20.6. The van der Waals surface area contributed by atoms with Crippen LogP contribution in [0.25, 0.3) is 32.9 Å². The lowest BCUT2D eigenvalue weighted by Crippen LogP contribution is -2.34. The van der Waals surface area contributed by atoms with Crippen molar-refractivity contribution in [3.05, 3.63) is 59.5 Å². The number of hydrogen-bond donors (Lipinski definition) is 1. The number of aromatic nitrogens is 2. The second-order valence-corrected chi connectivity index (χ2v) is 9.26. The lowest BCUT2D eigenvalue weighted by molar-refractivity contribution is -0.192. The molecule has 0 saturated carbocycles. The predicted octanol–water partition coefficient (Wildman–Crippen LogP) is 5.03. The van der Waals surface area contributed by atoms with E-state index >= 15 is 0 Å². The van der Waals surface area contributed by atoms with Gasteiger partial charge in [0.1, 0.15) is 16.4 Å². The van der Waals surface area contributed by atoms with Gasteiger partial charge in [-0.15, -0.1) is 11.3 Å². The van der Waals surface area contributed by atoms with Crippen molar-refractivity contribution >= 4 is 34.2 Å². The van der Waals surface area contributed by atoms with E-state index in [0.29, 0.717) is 16.8 Å². The highest BCUT2D eigenvalue weighted by molar-refractivity contribution is 7.13. The molecule has 1 aliphatic heterocycles. The molecule has 12 heteroatoms. The summed E-state index contributed by atoms with van der Waals surface area (Å²) in [5.74, 6) is -2.70. The molecule has 1 fully saturated rings. The fraction of sp³-hybridized carbons (Fsp3) is 0.280. The first kappa shape index (κ1) is 26.3. The van der Waals surface area contributed by atoms with Gasteiger partial charge in [-0.1, -0.05) is 35.5 Å². The third-order valence-electron chi connectivity index (χ3n) is 5.73. The van der Waals surface area contributed by atoms with Crippen LogP contribution in [0.4, 0.5) is 13.2 Å². The summed E-state index contributed by atoms with van der Waals surface area (Å²) in [7, 11) is 2.10. The Morgan fingerprint density at radius 3 is 2.49 bits per heavy atom. The summed E-state index contributed by atoms with van der Waals surface area (Å²) in [5.41, 5.74) is 3.83. The van der Waals surface area contributed by atoms with E-state index in [9.17, 15) is 18.0 Å². The summed E-state index contributed by atoms with van der Waals surface area (Å²) in [6.45, 7) is 3.44. The average Bonchev–Trinajstić information content (AvgIpc) is 3.47. The molecule has 0 unspecified atom stereocenters. The van der Waals surface area contributed by atoms with Crippen molar-refractivity contribution in [2.24, 2.45) is 0 Å².